The number of benzene rings is 1. The first kappa shape index (κ1) is 17.1. The molecule has 0 aliphatic rings. The van der Waals surface area contributed by atoms with E-state index in [1.807, 2.05) is 36.7 Å². The molecule has 0 unspecified atom stereocenters. The van der Waals surface area contributed by atoms with E-state index in [2.05, 4.69) is 32.3 Å². The van der Waals surface area contributed by atoms with E-state index in [-0.39, 0.29) is 12.6 Å². The van der Waals surface area contributed by atoms with Gasteiger partial charge in [0.25, 0.3) is 0 Å². The summed E-state index contributed by atoms with van der Waals surface area (Å²) in [6.07, 6.45) is 4.51. The molecule has 0 amide bonds. The van der Waals surface area contributed by atoms with Crippen LogP contribution in [0.4, 0.5) is 5.95 Å². The molecule has 0 atom stereocenters. The highest BCUT2D eigenvalue weighted by Crippen LogP contribution is 2.27. The van der Waals surface area contributed by atoms with Gasteiger partial charge in [0.05, 0.1) is 37.1 Å². The first-order chi connectivity index (χ1) is 13.2. The normalized spacial score (nSPS) is 11.3. The van der Waals surface area contributed by atoms with Crippen LogP contribution < -0.4 is 5.73 Å². The first-order valence-corrected chi connectivity index (χ1v) is 8.76. The Hall–Kier alpha value is -3.33. The highest BCUT2D eigenvalue weighted by atomic mass is 16.3. The van der Waals surface area contributed by atoms with E-state index in [0.29, 0.717) is 24.5 Å². The number of rotatable bonds is 6. The second kappa shape index (κ2) is 7.12. The third kappa shape index (κ3) is 3.36. The number of para-hydroxylation sites is 1. The lowest BCUT2D eigenvalue weighted by molar-refractivity contribution is 0.269. The Morgan fingerprint density at radius 3 is 2.85 bits per heavy atom. The highest BCUT2D eigenvalue weighted by Gasteiger charge is 2.14. The van der Waals surface area contributed by atoms with Crippen molar-refractivity contribution in [3.63, 3.8) is 0 Å². The summed E-state index contributed by atoms with van der Waals surface area (Å²) in [4.78, 5) is 8.80. The maximum absolute atomic E-state index is 8.98. The fraction of sp³-hybridized carbons (Fsp3) is 0.278. The summed E-state index contributed by atoms with van der Waals surface area (Å²) in [5.74, 6) is 0.218. The maximum atomic E-state index is 8.98. The number of nitrogen functional groups attached to an aromatic ring is 1. The van der Waals surface area contributed by atoms with E-state index in [1.54, 1.807) is 9.36 Å². The lowest BCUT2D eigenvalue weighted by atomic mass is 10.1. The third-order valence-electron chi connectivity index (χ3n) is 4.34. The largest absolute Gasteiger partial charge is 0.394 e. The van der Waals surface area contributed by atoms with Crippen LogP contribution in [0.25, 0.3) is 22.3 Å². The summed E-state index contributed by atoms with van der Waals surface area (Å²) in [5.41, 5.74) is 10.0. The van der Waals surface area contributed by atoms with Gasteiger partial charge in [0, 0.05) is 11.6 Å². The van der Waals surface area contributed by atoms with E-state index < -0.39 is 0 Å². The summed E-state index contributed by atoms with van der Waals surface area (Å²) in [6, 6.07) is 7.89. The van der Waals surface area contributed by atoms with Crippen LogP contribution in [-0.2, 0) is 19.5 Å². The van der Waals surface area contributed by atoms with Crippen LogP contribution in [0.3, 0.4) is 0 Å². The molecule has 3 heterocycles. The minimum Gasteiger partial charge on any atom is -0.394 e. The summed E-state index contributed by atoms with van der Waals surface area (Å²) < 4.78 is 3.40. The monoisotopic (exact) mass is 364 g/mol. The van der Waals surface area contributed by atoms with Crippen LogP contribution in [-0.4, -0.2) is 46.5 Å². The second-order valence-electron chi connectivity index (χ2n) is 6.19. The molecule has 0 aliphatic carbocycles. The molecule has 3 N–H and O–H groups in total. The van der Waals surface area contributed by atoms with Crippen molar-refractivity contribution in [2.24, 2.45) is 0 Å². The van der Waals surface area contributed by atoms with Gasteiger partial charge in [0.15, 0.2) is 0 Å². The number of nitrogens with zero attached hydrogens (tertiary/aromatic N) is 7. The molecule has 0 saturated heterocycles. The molecular formula is C18H20N8O. The number of aliphatic hydroxyl groups excluding tert-OH is 1. The van der Waals surface area contributed by atoms with E-state index in [0.717, 1.165) is 28.6 Å². The second-order valence-corrected chi connectivity index (χ2v) is 6.19. The molecule has 0 fully saturated rings. The van der Waals surface area contributed by atoms with Crippen molar-refractivity contribution in [2.75, 3.05) is 12.3 Å². The van der Waals surface area contributed by atoms with Gasteiger partial charge in [-0.1, -0.05) is 30.3 Å². The number of aliphatic hydroxyl groups is 1. The molecule has 1 aromatic carbocycles. The van der Waals surface area contributed by atoms with Crippen LogP contribution >= 0.6 is 0 Å². The summed E-state index contributed by atoms with van der Waals surface area (Å²) in [6.45, 7) is 3.08. The lowest BCUT2D eigenvalue weighted by Crippen LogP contribution is -2.05. The Balaban J connectivity index is 1.68. The van der Waals surface area contributed by atoms with Crippen LogP contribution in [0.2, 0.25) is 0 Å². The summed E-state index contributed by atoms with van der Waals surface area (Å²) >= 11 is 0. The Morgan fingerprint density at radius 2 is 2.04 bits per heavy atom. The number of fused-ring (bicyclic) bond motifs is 1. The molecule has 0 radical (unpaired) electrons. The van der Waals surface area contributed by atoms with Gasteiger partial charge >= 0.3 is 0 Å². The van der Waals surface area contributed by atoms with Crippen LogP contribution in [0, 0.1) is 0 Å². The van der Waals surface area contributed by atoms with E-state index >= 15 is 0 Å². The average Bonchev–Trinajstić information content (AvgIpc) is 3.31. The van der Waals surface area contributed by atoms with E-state index in [4.69, 9.17) is 10.8 Å². The Labute approximate surface area is 155 Å². The van der Waals surface area contributed by atoms with Gasteiger partial charge < -0.3 is 10.8 Å². The van der Waals surface area contributed by atoms with Gasteiger partial charge in [0.1, 0.15) is 11.4 Å². The molecule has 27 heavy (non-hydrogen) atoms. The topological polar surface area (TPSA) is 121 Å². The fourth-order valence-corrected chi connectivity index (χ4v) is 3.07. The number of hydrogen-bond donors (Lipinski definition) is 2. The van der Waals surface area contributed by atoms with E-state index in [1.165, 1.54) is 0 Å². The van der Waals surface area contributed by atoms with Gasteiger partial charge in [-0.3, -0.25) is 4.68 Å². The molecule has 9 heteroatoms. The predicted octanol–water partition coefficient (Wildman–Crippen LogP) is 1.27. The number of nitrogens with two attached hydrogens (primary N) is 1. The van der Waals surface area contributed by atoms with Crippen LogP contribution in [0.15, 0.2) is 36.7 Å². The third-order valence-corrected chi connectivity index (χ3v) is 4.34. The smallest absolute Gasteiger partial charge is 0.221 e. The summed E-state index contributed by atoms with van der Waals surface area (Å²) in [7, 11) is 0. The van der Waals surface area contributed by atoms with Crippen molar-refractivity contribution >= 4 is 16.9 Å². The zero-order valence-corrected chi connectivity index (χ0v) is 14.9. The van der Waals surface area contributed by atoms with Crippen molar-refractivity contribution in [3.05, 3.63) is 47.9 Å². The molecule has 3 aromatic heterocycles. The van der Waals surface area contributed by atoms with Crippen LogP contribution in [0.5, 0.6) is 0 Å². The quantitative estimate of drug-likeness (QED) is 0.528. The van der Waals surface area contributed by atoms with Gasteiger partial charge in [-0.25, -0.2) is 14.6 Å². The SMILES string of the molecule is CCc1cccc2c(-c3cn(Cc4ccn(CCO)n4)nn3)nc(N)nc12. The molecule has 4 aromatic rings. The van der Waals surface area contributed by atoms with Crippen molar-refractivity contribution < 1.29 is 5.11 Å². The zero-order chi connectivity index (χ0) is 18.8. The standard InChI is InChI=1S/C18H20N8O/c1-2-12-4-3-5-14-16(12)20-18(19)21-17(14)15-11-26(24-22-15)10-13-6-7-25(23-13)8-9-27/h3-7,11,27H,2,8-10H2,1H3,(H2,19,20,21). The number of aryl methyl sites for hydroxylation is 1. The van der Waals surface area contributed by atoms with Crippen molar-refractivity contribution in [3.8, 4) is 11.4 Å². The van der Waals surface area contributed by atoms with Crippen molar-refractivity contribution in [1.82, 2.24) is 34.7 Å². The van der Waals surface area contributed by atoms with Gasteiger partial charge in [-0.05, 0) is 18.1 Å². The predicted molar refractivity (Wildman–Crippen MR) is 101 cm³/mol. The van der Waals surface area contributed by atoms with Gasteiger partial charge in [0.2, 0.25) is 5.95 Å². The number of hydrogen-bond acceptors (Lipinski definition) is 7. The molecule has 0 bridgehead atoms. The maximum Gasteiger partial charge on any atom is 0.221 e. The lowest BCUT2D eigenvalue weighted by Gasteiger charge is -2.07. The molecule has 0 aliphatic heterocycles. The fourth-order valence-electron chi connectivity index (χ4n) is 3.07. The zero-order valence-electron chi connectivity index (χ0n) is 14.9. The highest BCUT2D eigenvalue weighted by molar-refractivity contribution is 5.93. The van der Waals surface area contributed by atoms with E-state index in [9.17, 15) is 0 Å². The molecule has 138 valence electrons. The average molecular weight is 364 g/mol. The van der Waals surface area contributed by atoms with Crippen molar-refractivity contribution in [1.29, 1.82) is 0 Å². The van der Waals surface area contributed by atoms with Gasteiger partial charge in [-0.2, -0.15) is 5.10 Å². The van der Waals surface area contributed by atoms with Crippen molar-refractivity contribution in [2.45, 2.75) is 26.4 Å². The number of anilines is 1. The Bertz CT molecular complexity index is 1080. The minimum atomic E-state index is 0.0521. The summed E-state index contributed by atoms with van der Waals surface area (Å²) in [5, 5.41) is 22.7. The first-order valence-electron chi connectivity index (χ1n) is 8.76. The van der Waals surface area contributed by atoms with Gasteiger partial charge in [-0.15, -0.1) is 5.10 Å². The molecule has 0 spiro atoms. The molecular weight excluding hydrogens is 344 g/mol. The number of aromatic nitrogens is 7. The molecule has 4 rings (SSSR count). The van der Waals surface area contributed by atoms with Crippen LogP contribution in [0.1, 0.15) is 18.2 Å². The Kier molecular flexibility index (Phi) is 4.51. The molecule has 9 nitrogen and oxygen atoms in total. The minimum absolute atomic E-state index is 0.0521. The molecule has 0 saturated carbocycles. The Morgan fingerprint density at radius 1 is 1.15 bits per heavy atom.